The number of aromatic nitrogens is 3. The number of benzene rings is 1. The summed E-state index contributed by atoms with van der Waals surface area (Å²) in [6, 6.07) is 7.49. The lowest BCUT2D eigenvalue weighted by atomic mass is 9.85. The quantitative estimate of drug-likeness (QED) is 0.384. The number of hydrogen-bond donors (Lipinski definition) is 3. The highest BCUT2D eigenvalue weighted by Crippen LogP contribution is 2.37. The summed E-state index contributed by atoms with van der Waals surface area (Å²) in [4.78, 5) is 44.3. The van der Waals surface area contributed by atoms with Crippen LogP contribution in [0.3, 0.4) is 0 Å². The van der Waals surface area contributed by atoms with Crippen LogP contribution in [0.4, 0.5) is 16.3 Å². The minimum absolute atomic E-state index is 0.00594. The molecule has 4 heterocycles. The zero-order chi connectivity index (χ0) is 29.3. The molecule has 220 valence electrons. The van der Waals surface area contributed by atoms with Crippen LogP contribution in [0.2, 0.25) is 0 Å². The van der Waals surface area contributed by atoms with E-state index in [9.17, 15) is 19.5 Å². The maximum atomic E-state index is 13.6. The number of aryl methyl sites for hydroxylation is 1. The summed E-state index contributed by atoms with van der Waals surface area (Å²) in [6.07, 6.45) is 3.63. The molecule has 2 saturated heterocycles. The topological polar surface area (TPSA) is 133 Å². The first-order chi connectivity index (χ1) is 19.7. The molecule has 2 atom stereocenters. The number of aromatic amines is 1. The molecule has 2 aromatic heterocycles. The maximum Gasteiger partial charge on any atom is 0.407 e. The Labute approximate surface area is 239 Å². The fourth-order valence-corrected chi connectivity index (χ4v) is 6.25. The number of amides is 2. The second kappa shape index (κ2) is 11.6. The van der Waals surface area contributed by atoms with Gasteiger partial charge >= 0.3 is 6.09 Å². The van der Waals surface area contributed by atoms with Crippen molar-refractivity contribution in [3.63, 3.8) is 0 Å². The molecule has 3 aromatic rings. The monoisotopic (exact) mass is 564 g/mol. The largest absolute Gasteiger partial charge is 0.465 e. The third-order valence-electron chi connectivity index (χ3n) is 9.12. The van der Waals surface area contributed by atoms with Gasteiger partial charge in [0.1, 0.15) is 5.39 Å². The molecule has 0 spiro atoms. The van der Waals surface area contributed by atoms with Gasteiger partial charge in [0.15, 0.2) is 5.82 Å². The number of ether oxygens (including phenoxy) is 1. The number of morpholine rings is 1. The molecule has 2 fully saturated rings. The van der Waals surface area contributed by atoms with Crippen LogP contribution in [0.1, 0.15) is 62.4 Å². The van der Waals surface area contributed by atoms with Crippen molar-refractivity contribution in [1.82, 2.24) is 24.6 Å². The van der Waals surface area contributed by atoms with E-state index in [-0.39, 0.29) is 17.5 Å². The number of carbonyl (C=O) groups excluding carboxylic acids is 1. The van der Waals surface area contributed by atoms with E-state index in [1.54, 1.807) is 6.20 Å². The van der Waals surface area contributed by atoms with Crippen LogP contribution < -0.4 is 10.9 Å². The summed E-state index contributed by atoms with van der Waals surface area (Å²) < 4.78 is 7.60. The molecule has 5 rings (SSSR count). The molecule has 0 aliphatic carbocycles. The Bertz CT molecular complexity index is 1490. The van der Waals surface area contributed by atoms with Gasteiger partial charge in [-0.3, -0.25) is 14.3 Å². The predicted molar refractivity (Wildman–Crippen MR) is 157 cm³/mol. The van der Waals surface area contributed by atoms with E-state index in [0.717, 1.165) is 24.1 Å². The van der Waals surface area contributed by atoms with Crippen LogP contribution in [0.25, 0.3) is 10.9 Å². The Morgan fingerprint density at radius 1 is 1.22 bits per heavy atom. The number of rotatable bonds is 7. The number of nitrogens with zero attached hydrogens (tertiary/aromatic N) is 4. The van der Waals surface area contributed by atoms with E-state index in [1.165, 1.54) is 4.90 Å². The number of likely N-dealkylation sites (tertiary alicyclic amines) is 1. The lowest BCUT2D eigenvalue weighted by molar-refractivity contribution is -0.0183. The van der Waals surface area contributed by atoms with Crippen molar-refractivity contribution in [2.24, 2.45) is 5.92 Å². The molecule has 0 bridgehead atoms. The summed E-state index contributed by atoms with van der Waals surface area (Å²) in [6.45, 7) is 10.8. The molecule has 11 nitrogen and oxygen atoms in total. The van der Waals surface area contributed by atoms with Gasteiger partial charge in [-0.05, 0) is 61.9 Å². The normalized spacial score (nSPS) is 19.8. The minimum Gasteiger partial charge on any atom is -0.465 e. The Morgan fingerprint density at radius 3 is 2.63 bits per heavy atom. The molecule has 2 aliphatic rings. The number of H-pyrrole nitrogens is 1. The molecule has 0 radical (unpaired) electrons. The second-order valence-electron chi connectivity index (χ2n) is 11.4. The lowest BCUT2D eigenvalue weighted by Gasteiger charge is -2.41. The van der Waals surface area contributed by atoms with Gasteiger partial charge in [0.2, 0.25) is 0 Å². The van der Waals surface area contributed by atoms with Gasteiger partial charge in [-0.15, -0.1) is 0 Å². The van der Waals surface area contributed by atoms with Crippen molar-refractivity contribution in [3.8, 4) is 0 Å². The third kappa shape index (κ3) is 5.30. The number of anilines is 2. The van der Waals surface area contributed by atoms with Gasteiger partial charge in [0.25, 0.3) is 11.5 Å². The Hall–Kier alpha value is -3.86. The Morgan fingerprint density at radius 2 is 1.98 bits per heavy atom. The molecule has 11 heteroatoms. The van der Waals surface area contributed by atoms with Crippen LogP contribution in [0.5, 0.6) is 0 Å². The van der Waals surface area contributed by atoms with Crippen molar-refractivity contribution >= 4 is 34.4 Å². The third-order valence-corrected chi connectivity index (χ3v) is 9.12. The van der Waals surface area contributed by atoms with Gasteiger partial charge in [0.05, 0.1) is 30.3 Å². The average Bonchev–Trinajstić information content (AvgIpc) is 3.36. The van der Waals surface area contributed by atoms with Gasteiger partial charge in [-0.2, -0.15) is 5.10 Å². The highest BCUT2D eigenvalue weighted by Gasteiger charge is 2.39. The van der Waals surface area contributed by atoms with Crippen LogP contribution >= 0.6 is 0 Å². The van der Waals surface area contributed by atoms with Crippen LogP contribution in [-0.2, 0) is 10.3 Å². The first kappa shape index (κ1) is 28.7. The summed E-state index contributed by atoms with van der Waals surface area (Å²) >= 11 is 0. The van der Waals surface area contributed by atoms with Crippen LogP contribution in [0.15, 0.2) is 35.3 Å². The van der Waals surface area contributed by atoms with Crippen molar-refractivity contribution in [2.45, 2.75) is 65.0 Å². The summed E-state index contributed by atoms with van der Waals surface area (Å²) in [5.41, 5.74) is 2.24. The molecular weight excluding hydrogens is 524 g/mol. The number of pyridine rings is 1. The van der Waals surface area contributed by atoms with Crippen molar-refractivity contribution < 1.29 is 19.4 Å². The zero-order valence-corrected chi connectivity index (χ0v) is 24.3. The number of fused-ring (bicyclic) bond motifs is 1. The number of hydrogen-bond acceptors (Lipinski definition) is 6. The summed E-state index contributed by atoms with van der Waals surface area (Å²) in [5.74, 6) is 0.773. The van der Waals surface area contributed by atoms with E-state index in [1.807, 2.05) is 40.8 Å². The standard InChI is InChI=1S/C30H40N6O5/c1-5-19(3)24-18-41-16-15-35(24)28(38)22-8-7-21(17-20(22)4)32-26-25-23(9-12-31-27(25)37)36(33-26)30(6-2)10-13-34(14-11-30)29(39)40/h7-9,12,17,19,24H,5-6,10-11,13-16,18H2,1-4H3,(H,31,37)(H,32,33)(H,39,40). The van der Waals surface area contributed by atoms with Crippen LogP contribution in [-0.4, -0.2) is 80.6 Å². The molecule has 2 unspecified atom stereocenters. The number of piperidine rings is 1. The molecule has 1 aromatic carbocycles. The summed E-state index contributed by atoms with van der Waals surface area (Å²) in [5, 5.41) is 18.1. The van der Waals surface area contributed by atoms with E-state index in [0.29, 0.717) is 73.9 Å². The predicted octanol–water partition coefficient (Wildman–Crippen LogP) is 4.54. The van der Waals surface area contributed by atoms with E-state index in [2.05, 4.69) is 31.1 Å². The highest BCUT2D eigenvalue weighted by molar-refractivity contribution is 5.97. The number of carbonyl (C=O) groups is 2. The van der Waals surface area contributed by atoms with Gasteiger partial charge in [-0.25, -0.2) is 4.79 Å². The smallest absolute Gasteiger partial charge is 0.407 e. The maximum absolute atomic E-state index is 13.6. The molecule has 2 amide bonds. The molecule has 2 aliphatic heterocycles. The molecule has 41 heavy (non-hydrogen) atoms. The SMILES string of the molecule is CCC(C)C1COCCN1C(=O)c1ccc(Nc2nn(C3(CC)CCN(C(=O)O)CC3)c3cc[nH]c(=O)c23)cc1C. The fourth-order valence-electron chi connectivity index (χ4n) is 6.25. The highest BCUT2D eigenvalue weighted by atomic mass is 16.5. The first-order valence-electron chi connectivity index (χ1n) is 14.5. The fraction of sp³-hybridized carbons (Fsp3) is 0.533. The van der Waals surface area contributed by atoms with Gasteiger partial charge in [0, 0.05) is 37.1 Å². The van der Waals surface area contributed by atoms with Crippen LogP contribution in [0, 0.1) is 12.8 Å². The molecular formula is C30H40N6O5. The van der Waals surface area contributed by atoms with Crippen molar-refractivity contribution in [2.75, 3.05) is 38.2 Å². The Kier molecular flexibility index (Phi) is 8.08. The minimum atomic E-state index is -0.917. The van der Waals surface area contributed by atoms with Crippen molar-refractivity contribution in [3.05, 3.63) is 51.9 Å². The van der Waals surface area contributed by atoms with Gasteiger partial charge < -0.3 is 29.9 Å². The van der Waals surface area contributed by atoms with Gasteiger partial charge in [-0.1, -0.05) is 27.2 Å². The molecule has 3 N–H and O–H groups in total. The summed E-state index contributed by atoms with van der Waals surface area (Å²) in [7, 11) is 0. The number of carboxylic acid groups (broad SMARTS) is 1. The number of nitrogens with one attached hydrogen (secondary N) is 2. The van der Waals surface area contributed by atoms with E-state index < -0.39 is 11.6 Å². The van der Waals surface area contributed by atoms with E-state index in [4.69, 9.17) is 9.84 Å². The first-order valence-corrected chi connectivity index (χ1v) is 14.5. The zero-order valence-electron chi connectivity index (χ0n) is 24.3. The van der Waals surface area contributed by atoms with E-state index >= 15 is 0 Å². The van der Waals surface area contributed by atoms with Crippen molar-refractivity contribution in [1.29, 1.82) is 0 Å². The Balaban J connectivity index is 1.45. The average molecular weight is 565 g/mol. The second-order valence-corrected chi connectivity index (χ2v) is 11.4. The molecule has 0 saturated carbocycles. The lowest BCUT2D eigenvalue weighted by Crippen LogP contribution is -2.51.